The highest BCUT2D eigenvalue weighted by Gasteiger charge is 2.44. The molecule has 0 heterocycles. The van der Waals surface area contributed by atoms with Gasteiger partial charge in [0.15, 0.2) is 0 Å². The van der Waals surface area contributed by atoms with Crippen LogP contribution in [-0.4, -0.2) is 5.67 Å². The third kappa shape index (κ3) is 1.22. The first kappa shape index (κ1) is 7.01. The summed E-state index contributed by atoms with van der Waals surface area (Å²) in [4.78, 5) is 0. The van der Waals surface area contributed by atoms with Crippen LogP contribution in [-0.2, 0) is 0 Å². The fourth-order valence-electron chi connectivity index (χ4n) is 1.37. The number of allylic oxidation sites excluding steroid dienone is 4. The van der Waals surface area contributed by atoms with E-state index in [1.807, 2.05) is 0 Å². The minimum Gasteiger partial charge on any atom is -0.238 e. The van der Waals surface area contributed by atoms with Gasteiger partial charge in [-0.25, -0.2) is 8.78 Å². The molecule has 1 atom stereocenters. The summed E-state index contributed by atoms with van der Waals surface area (Å²) in [6.45, 7) is 0. The minimum absolute atomic E-state index is 0.0261. The predicted molar refractivity (Wildman–Crippen MR) is 39.2 cm³/mol. The van der Waals surface area contributed by atoms with Crippen molar-refractivity contribution in [2.24, 2.45) is 5.92 Å². The molecule has 2 rings (SSSR count). The highest BCUT2D eigenvalue weighted by Crippen LogP contribution is 2.46. The smallest absolute Gasteiger partial charge is 0.141 e. The Balaban J connectivity index is 2.20. The Morgan fingerprint density at radius 1 is 1.45 bits per heavy atom. The number of rotatable bonds is 1. The molecular formula is C9H9F2. The van der Waals surface area contributed by atoms with Gasteiger partial charge < -0.3 is 0 Å². The SMILES string of the molecule is FC1=CC(F)(C2CC2)[CH]C=C1. The van der Waals surface area contributed by atoms with Crippen LogP contribution in [0.25, 0.3) is 0 Å². The van der Waals surface area contributed by atoms with Crippen molar-refractivity contribution < 1.29 is 8.78 Å². The van der Waals surface area contributed by atoms with E-state index >= 15 is 0 Å². The van der Waals surface area contributed by atoms with E-state index in [2.05, 4.69) is 0 Å². The highest BCUT2D eigenvalue weighted by atomic mass is 19.1. The van der Waals surface area contributed by atoms with Crippen molar-refractivity contribution in [3.05, 3.63) is 30.5 Å². The number of alkyl halides is 1. The number of hydrogen-bond donors (Lipinski definition) is 0. The van der Waals surface area contributed by atoms with Crippen LogP contribution in [0.15, 0.2) is 24.1 Å². The molecule has 0 aromatic rings. The molecule has 0 bridgehead atoms. The average molecular weight is 155 g/mol. The van der Waals surface area contributed by atoms with Crippen LogP contribution in [0, 0.1) is 12.3 Å². The normalized spacial score (nSPS) is 37.1. The van der Waals surface area contributed by atoms with Gasteiger partial charge in [-0.1, -0.05) is 6.08 Å². The standard InChI is InChI=1S/C9H9F2/c10-8-2-1-5-9(11,6-8)7-3-4-7/h1-2,5-7H,3-4H2. The molecule has 0 saturated heterocycles. The molecule has 0 amide bonds. The van der Waals surface area contributed by atoms with E-state index in [1.165, 1.54) is 18.6 Å². The maximum absolute atomic E-state index is 13.6. The third-order valence-electron chi connectivity index (χ3n) is 2.17. The molecular weight excluding hydrogens is 146 g/mol. The average Bonchev–Trinajstić information content (AvgIpc) is 2.66. The second-order valence-corrected chi connectivity index (χ2v) is 3.16. The zero-order valence-electron chi connectivity index (χ0n) is 6.06. The molecule has 0 aromatic heterocycles. The molecule has 0 nitrogen and oxygen atoms in total. The summed E-state index contributed by atoms with van der Waals surface area (Å²) in [5.74, 6) is -0.430. The van der Waals surface area contributed by atoms with E-state index in [0.717, 1.165) is 18.9 Å². The van der Waals surface area contributed by atoms with Crippen LogP contribution in [0.3, 0.4) is 0 Å². The van der Waals surface area contributed by atoms with Crippen LogP contribution in [0.4, 0.5) is 8.78 Å². The van der Waals surface area contributed by atoms with Gasteiger partial charge in [-0.3, -0.25) is 0 Å². The summed E-state index contributed by atoms with van der Waals surface area (Å²) in [6.07, 6.45) is 7.00. The summed E-state index contributed by atoms with van der Waals surface area (Å²) in [7, 11) is 0. The summed E-state index contributed by atoms with van der Waals surface area (Å²) in [5.41, 5.74) is -1.49. The maximum atomic E-state index is 13.6. The first-order valence-electron chi connectivity index (χ1n) is 3.80. The summed E-state index contributed by atoms with van der Waals surface area (Å²) < 4.78 is 26.2. The monoisotopic (exact) mass is 155 g/mol. The number of halogens is 2. The van der Waals surface area contributed by atoms with Gasteiger partial charge in [-0.05, 0) is 30.9 Å². The molecule has 0 N–H and O–H groups in total. The molecule has 0 aromatic carbocycles. The van der Waals surface area contributed by atoms with Crippen LogP contribution < -0.4 is 0 Å². The molecule has 11 heavy (non-hydrogen) atoms. The second-order valence-electron chi connectivity index (χ2n) is 3.16. The molecule has 2 aliphatic carbocycles. The Morgan fingerprint density at radius 3 is 2.73 bits per heavy atom. The van der Waals surface area contributed by atoms with Gasteiger partial charge in [0.2, 0.25) is 0 Å². The number of hydrogen-bond acceptors (Lipinski definition) is 0. The van der Waals surface area contributed by atoms with Crippen molar-refractivity contribution in [1.29, 1.82) is 0 Å². The lowest BCUT2D eigenvalue weighted by atomic mass is 9.92. The van der Waals surface area contributed by atoms with Crippen LogP contribution >= 0.6 is 0 Å². The Hall–Kier alpha value is -0.660. The maximum Gasteiger partial charge on any atom is 0.141 e. The van der Waals surface area contributed by atoms with Crippen LogP contribution in [0.1, 0.15) is 12.8 Å². The summed E-state index contributed by atoms with van der Waals surface area (Å²) in [6, 6.07) is 0. The van der Waals surface area contributed by atoms with E-state index < -0.39 is 11.5 Å². The van der Waals surface area contributed by atoms with Crippen LogP contribution in [0.5, 0.6) is 0 Å². The molecule has 59 valence electrons. The molecule has 1 saturated carbocycles. The third-order valence-corrected chi connectivity index (χ3v) is 2.17. The molecule has 1 radical (unpaired) electrons. The molecule has 1 unspecified atom stereocenters. The topological polar surface area (TPSA) is 0 Å². The van der Waals surface area contributed by atoms with Gasteiger partial charge in [-0.2, -0.15) is 0 Å². The van der Waals surface area contributed by atoms with Gasteiger partial charge >= 0.3 is 0 Å². The molecule has 0 aliphatic heterocycles. The highest BCUT2D eigenvalue weighted by molar-refractivity contribution is 5.33. The van der Waals surface area contributed by atoms with Gasteiger partial charge in [0.05, 0.1) is 0 Å². The molecule has 2 heteroatoms. The van der Waals surface area contributed by atoms with E-state index in [9.17, 15) is 8.78 Å². The van der Waals surface area contributed by atoms with Crippen LogP contribution in [0.2, 0.25) is 0 Å². The van der Waals surface area contributed by atoms with Crippen molar-refractivity contribution in [1.82, 2.24) is 0 Å². The Kier molecular flexibility index (Phi) is 1.38. The fraction of sp³-hybridized carbons (Fsp3) is 0.444. The van der Waals surface area contributed by atoms with Gasteiger partial charge in [0.25, 0.3) is 0 Å². The van der Waals surface area contributed by atoms with Gasteiger partial charge in [0, 0.05) is 6.42 Å². The lowest BCUT2D eigenvalue weighted by Crippen LogP contribution is -2.24. The fourth-order valence-corrected chi connectivity index (χ4v) is 1.37. The lowest BCUT2D eigenvalue weighted by Gasteiger charge is -2.21. The van der Waals surface area contributed by atoms with E-state index in [4.69, 9.17) is 0 Å². The molecule has 1 fully saturated rings. The summed E-state index contributed by atoms with van der Waals surface area (Å²) in [5, 5.41) is 0. The molecule has 0 spiro atoms. The molecule has 2 aliphatic rings. The van der Waals surface area contributed by atoms with Gasteiger partial charge in [0.1, 0.15) is 11.5 Å². The zero-order valence-corrected chi connectivity index (χ0v) is 6.06. The van der Waals surface area contributed by atoms with E-state index in [-0.39, 0.29) is 5.92 Å². The van der Waals surface area contributed by atoms with Crippen molar-refractivity contribution >= 4 is 0 Å². The van der Waals surface area contributed by atoms with Crippen molar-refractivity contribution in [3.8, 4) is 0 Å². The second kappa shape index (κ2) is 2.16. The van der Waals surface area contributed by atoms with Crippen molar-refractivity contribution in [2.45, 2.75) is 18.5 Å². The first-order valence-corrected chi connectivity index (χ1v) is 3.80. The lowest BCUT2D eigenvalue weighted by molar-refractivity contribution is 0.239. The largest absolute Gasteiger partial charge is 0.238 e. The van der Waals surface area contributed by atoms with Crippen molar-refractivity contribution in [2.75, 3.05) is 0 Å². The minimum atomic E-state index is -1.49. The summed E-state index contributed by atoms with van der Waals surface area (Å²) >= 11 is 0. The Labute approximate surface area is 64.6 Å². The Bertz CT molecular complexity index is 226. The predicted octanol–water partition coefficient (Wildman–Crippen LogP) is 2.73. The Morgan fingerprint density at radius 2 is 2.18 bits per heavy atom. The van der Waals surface area contributed by atoms with Gasteiger partial charge in [-0.15, -0.1) is 0 Å². The quantitative estimate of drug-likeness (QED) is 0.546. The van der Waals surface area contributed by atoms with Crippen molar-refractivity contribution in [3.63, 3.8) is 0 Å². The van der Waals surface area contributed by atoms with E-state index in [1.54, 1.807) is 0 Å². The zero-order chi connectivity index (χ0) is 7.90. The first-order chi connectivity index (χ1) is 5.21. The van der Waals surface area contributed by atoms with E-state index in [0.29, 0.717) is 0 Å².